The van der Waals surface area contributed by atoms with Gasteiger partial charge in [0.05, 0.1) is 19.3 Å². The lowest BCUT2D eigenvalue weighted by molar-refractivity contribution is 0.133. The molecule has 0 saturated carbocycles. The van der Waals surface area contributed by atoms with Crippen LogP contribution in [0.25, 0.3) is 0 Å². The summed E-state index contributed by atoms with van der Waals surface area (Å²) in [5.74, 6) is 0.742. The largest absolute Gasteiger partial charge is 0.484 e. The van der Waals surface area contributed by atoms with Crippen molar-refractivity contribution < 1.29 is 19.0 Å². The molecule has 1 unspecified atom stereocenters. The van der Waals surface area contributed by atoms with Crippen molar-refractivity contribution in [2.75, 3.05) is 19.6 Å². The van der Waals surface area contributed by atoms with Crippen molar-refractivity contribution >= 4 is 8.38 Å². The maximum atomic E-state index is 8.91. The molecule has 1 rings (SSSR count). The molecule has 0 spiro atoms. The number of hydroxylamine groups is 1. The van der Waals surface area contributed by atoms with Gasteiger partial charge in [-0.15, -0.1) is 0 Å². The van der Waals surface area contributed by atoms with Gasteiger partial charge in [0.1, 0.15) is 5.75 Å². The molecule has 5 nitrogen and oxygen atoms in total. The Morgan fingerprint density at radius 3 is 2.53 bits per heavy atom. The second-order valence-corrected chi connectivity index (χ2v) is 5.31. The molecule has 1 aromatic rings. The predicted octanol–water partition coefficient (Wildman–Crippen LogP) is 3.45. The van der Waals surface area contributed by atoms with E-state index in [1.54, 1.807) is 0 Å². The Hall–Kier alpha value is -0.710. The molecule has 0 amide bonds. The van der Waals surface area contributed by atoms with Crippen molar-refractivity contribution in [2.24, 2.45) is 0 Å². The lowest BCUT2D eigenvalue weighted by Crippen LogP contribution is -2.13. The Morgan fingerprint density at radius 1 is 1.26 bits per heavy atom. The van der Waals surface area contributed by atoms with Crippen LogP contribution in [0, 0.1) is 0 Å². The number of nitrogens with one attached hydrogen (secondary N) is 1. The highest BCUT2D eigenvalue weighted by atomic mass is 31.2. The molecular formula is C13H22NO4P. The summed E-state index contributed by atoms with van der Waals surface area (Å²) in [5, 5.41) is 8.91. The third-order valence-corrected chi connectivity index (χ3v) is 3.87. The quantitative estimate of drug-likeness (QED) is 0.538. The molecule has 0 radical (unpaired) electrons. The Morgan fingerprint density at radius 2 is 1.95 bits per heavy atom. The first-order valence-electron chi connectivity index (χ1n) is 6.37. The molecule has 0 aromatic heterocycles. The van der Waals surface area contributed by atoms with Gasteiger partial charge in [0, 0.05) is 0 Å². The summed E-state index contributed by atoms with van der Waals surface area (Å²) in [6, 6.07) is 7.44. The highest BCUT2D eigenvalue weighted by molar-refractivity contribution is 7.47. The van der Waals surface area contributed by atoms with Crippen LogP contribution >= 0.6 is 8.38 Å². The van der Waals surface area contributed by atoms with E-state index in [4.69, 9.17) is 19.0 Å². The van der Waals surface area contributed by atoms with E-state index >= 15 is 0 Å². The van der Waals surface area contributed by atoms with Crippen LogP contribution in [0.3, 0.4) is 0 Å². The minimum absolute atomic E-state index is 0.135. The molecule has 1 aromatic carbocycles. The van der Waals surface area contributed by atoms with E-state index < -0.39 is 8.38 Å². The zero-order valence-corrected chi connectivity index (χ0v) is 12.5. The summed E-state index contributed by atoms with van der Waals surface area (Å²) in [6.07, 6.45) is 0.404. The maximum Gasteiger partial charge on any atom is 0.211 e. The molecule has 0 saturated heterocycles. The summed E-state index contributed by atoms with van der Waals surface area (Å²) in [4.78, 5) is 0. The van der Waals surface area contributed by atoms with Crippen molar-refractivity contribution in [3.63, 3.8) is 0 Å². The lowest BCUT2D eigenvalue weighted by atomic mass is 10.1. The molecule has 19 heavy (non-hydrogen) atoms. The van der Waals surface area contributed by atoms with Gasteiger partial charge in [-0.05, 0) is 38.5 Å². The number of rotatable bonds is 9. The van der Waals surface area contributed by atoms with E-state index in [1.165, 1.54) is 0 Å². The predicted molar refractivity (Wildman–Crippen MR) is 75.4 cm³/mol. The second-order valence-electron chi connectivity index (χ2n) is 3.86. The van der Waals surface area contributed by atoms with Crippen molar-refractivity contribution in [3.8, 4) is 5.75 Å². The maximum absolute atomic E-state index is 8.91. The van der Waals surface area contributed by atoms with Gasteiger partial charge >= 0.3 is 0 Å². The minimum Gasteiger partial charge on any atom is -0.484 e. The van der Waals surface area contributed by atoms with E-state index in [0.29, 0.717) is 19.6 Å². The molecule has 2 N–H and O–H groups in total. The van der Waals surface area contributed by atoms with Crippen LogP contribution in [0.15, 0.2) is 24.3 Å². The van der Waals surface area contributed by atoms with Crippen LogP contribution in [0.2, 0.25) is 0 Å². The average molecular weight is 287 g/mol. The molecule has 0 fully saturated rings. The lowest BCUT2D eigenvalue weighted by Gasteiger charge is -2.17. The average Bonchev–Trinajstić information content (AvgIpc) is 2.44. The third kappa shape index (κ3) is 5.85. The molecular weight excluding hydrogens is 265 g/mol. The first-order chi connectivity index (χ1) is 9.21. The number of hydrogen-bond donors (Lipinski definition) is 2. The van der Waals surface area contributed by atoms with E-state index in [2.05, 4.69) is 5.48 Å². The SMILES string of the molecule is CCOP(COc1cccc(C(C)NO)c1)OCC. The fraction of sp³-hybridized carbons (Fsp3) is 0.538. The van der Waals surface area contributed by atoms with Crippen LogP contribution in [0.5, 0.6) is 5.75 Å². The smallest absolute Gasteiger partial charge is 0.211 e. The van der Waals surface area contributed by atoms with E-state index in [-0.39, 0.29) is 6.04 Å². The molecule has 108 valence electrons. The van der Waals surface area contributed by atoms with Crippen molar-refractivity contribution in [2.45, 2.75) is 26.8 Å². The first-order valence-corrected chi connectivity index (χ1v) is 7.73. The fourth-order valence-electron chi connectivity index (χ4n) is 1.48. The Labute approximate surface area is 115 Å². The van der Waals surface area contributed by atoms with Crippen LogP contribution < -0.4 is 10.2 Å². The highest BCUT2D eigenvalue weighted by Crippen LogP contribution is 2.38. The Balaban J connectivity index is 2.56. The molecule has 0 aliphatic heterocycles. The molecule has 0 aliphatic carbocycles. The Bertz CT molecular complexity index is 358. The third-order valence-electron chi connectivity index (χ3n) is 2.43. The molecule has 0 bridgehead atoms. The van der Waals surface area contributed by atoms with Gasteiger partial charge in [-0.3, -0.25) is 0 Å². The van der Waals surface area contributed by atoms with Gasteiger partial charge < -0.3 is 19.0 Å². The molecule has 0 heterocycles. The zero-order valence-electron chi connectivity index (χ0n) is 11.6. The number of ether oxygens (including phenoxy) is 1. The van der Waals surface area contributed by atoms with Crippen LogP contribution in [-0.4, -0.2) is 24.8 Å². The van der Waals surface area contributed by atoms with Gasteiger partial charge in [-0.1, -0.05) is 12.1 Å². The van der Waals surface area contributed by atoms with Gasteiger partial charge in [-0.25, -0.2) is 0 Å². The Kier molecular flexibility index (Phi) is 7.94. The number of benzene rings is 1. The second kappa shape index (κ2) is 9.23. The highest BCUT2D eigenvalue weighted by Gasteiger charge is 2.11. The molecule has 6 heteroatoms. The summed E-state index contributed by atoms with van der Waals surface area (Å²) < 4.78 is 16.6. The van der Waals surface area contributed by atoms with Gasteiger partial charge in [0.15, 0.2) is 6.35 Å². The van der Waals surface area contributed by atoms with E-state index in [9.17, 15) is 0 Å². The van der Waals surface area contributed by atoms with Crippen molar-refractivity contribution in [1.29, 1.82) is 0 Å². The van der Waals surface area contributed by atoms with Gasteiger partial charge in [0.25, 0.3) is 0 Å². The summed E-state index contributed by atoms with van der Waals surface area (Å²) >= 11 is 0. The summed E-state index contributed by atoms with van der Waals surface area (Å²) in [5.41, 5.74) is 3.17. The minimum atomic E-state index is -1.00. The van der Waals surface area contributed by atoms with Crippen LogP contribution in [0.4, 0.5) is 0 Å². The van der Waals surface area contributed by atoms with E-state index in [1.807, 2.05) is 45.0 Å². The first kappa shape index (κ1) is 16.3. The van der Waals surface area contributed by atoms with Crippen LogP contribution in [0.1, 0.15) is 32.4 Å². The summed E-state index contributed by atoms with van der Waals surface area (Å²) in [7, 11) is -1.00. The number of hydrogen-bond acceptors (Lipinski definition) is 5. The van der Waals surface area contributed by atoms with Gasteiger partial charge in [0.2, 0.25) is 8.38 Å². The molecule has 1 atom stereocenters. The topological polar surface area (TPSA) is 60.0 Å². The zero-order chi connectivity index (χ0) is 14.1. The van der Waals surface area contributed by atoms with Crippen molar-refractivity contribution in [3.05, 3.63) is 29.8 Å². The monoisotopic (exact) mass is 287 g/mol. The van der Waals surface area contributed by atoms with E-state index in [0.717, 1.165) is 11.3 Å². The molecule has 0 aliphatic rings. The van der Waals surface area contributed by atoms with Crippen molar-refractivity contribution in [1.82, 2.24) is 5.48 Å². The summed E-state index contributed by atoms with van der Waals surface area (Å²) in [6.45, 7) is 6.96. The van der Waals surface area contributed by atoms with Crippen LogP contribution in [-0.2, 0) is 9.05 Å². The standard InChI is InChI=1S/C13H22NO4P/c1-4-17-19(18-5-2)10-16-13-8-6-7-12(9-13)11(3)14-15/h6-9,11,14-15H,4-5,10H2,1-3H3. The fourth-order valence-corrected chi connectivity index (χ4v) is 2.53. The van der Waals surface area contributed by atoms with Gasteiger partial charge in [-0.2, -0.15) is 5.48 Å². The normalized spacial score (nSPS) is 12.7.